The zero-order chi connectivity index (χ0) is 36.4. The number of nitrogens with one attached hydrogen (secondary N) is 1. The second kappa shape index (κ2) is 27.6. The van der Waals surface area contributed by atoms with Crippen LogP contribution in [0, 0.1) is 0 Å². The Morgan fingerprint density at radius 2 is 1.13 bits per heavy atom. The standard InChI is InChI=1S/C7H7ClN2O.C7H6ClNO2.C6H3Cl2NO.C6H5NO2.CH4O.Cl2OS/c1-9-7(11)6-4-5(8)2-3-10-6;1-11-7(10)6-4-5(8)2-3-9-6;7-4-1-2-9-5(3-4)6(8)10;8-6(9)5-3-1-2-4-7-5;1-2;1-4(2)3/h2-4H,1H3,(H,9,11);2-4H,1H3;1-3H;1-4H,(H,8,9);2H,1H3;. The molecule has 254 valence electrons. The molecule has 0 saturated heterocycles. The van der Waals surface area contributed by atoms with Crippen LogP contribution in [0.3, 0.4) is 0 Å². The fraction of sp³-hybridized carbons (Fsp3) is 0.111. The molecule has 47 heavy (non-hydrogen) atoms. The number of aliphatic hydroxyl groups excluding tert-OH is 1. The van der Waals surface area contributed by atoms with Gasteiger partial charge in [-0.3, -0.25) is 19.6 Å². The van der Waals surface area contributed by atoms with Crippen LogP contribution in [-0.4, -0.2) is 78.7 Å². The van der Waals surface area contributed by atoms with E-state index in [1.54, 1.807) is 37.4 Å². The average molecular weight is 792 g/mol. The molecule has 0 aliphatic heterocycles. The van der Waals surface area contributed by atoms with Crippen molar-refractivity contribution >= 4 is 100 Å². The molecule has 1 amide bonds. The zero-order valence-electron chi connectivity index (χ0n) is 24.3. The molecule has 0 saturated carbocycles. The van der Waals surface area contributed by atoms with Gasteiger partial charge < -0.3 is 20.3 Å². The predicted molar refractivity (Wildman–Crippen MR) is 182 cm³/mol. The Morgan fingerprint density at radius 1 is 0.723 bits per heavy atom. The highest BCUT2D eigenvalue weighted by Crippen LogP contribution is 2.10. The number of carbonyl (C=O) groups is 4. The Labute approximate surface area is 300 Å². The highest BCUT2D eigenvalue weighted by molar-refractivity contribution is 8.26. The van der Waals surface area contributed by atoms with E-state index in [1.807, 2.05) is 0 Å². The number of carboxylic acid groups (broad SMARTS) is 1. The van der Waals surface area contributed by atoms with Crippen molar-refractivity contribution in [2.75, 3.05) is 21.3 Å². The van der Waals surface area contributed by atoms with Gasteiger partial charge in [0.1, 0.15) is 22.8 Å². The summed E-state index contributed by atoms with van der Waals surface area (Å²) in [6.07, 6.45) is 5.82. The lowest BCUT2D eigenvalue weighted by Crippen LogP contribution is -2.18. The maximum Gasteiger partial charge on any atom is 0.356 e. The Morgan fingerprint density at radius 3 is 1.45 bits per heavy atom. The summed E-state index contributed by atoms with van der Waals surface area (Å²) in [5.41, 5.74) is 0.812. The van der Waals surface area contributed by atoms with Gasteiger partial charge in [-0.2, -0.15) is 0 Å². The number of aromatic nitrogens is 4. The van der Waals surface area contributed by atoms with Gasteiger partial charge in [0.25, 0.3) is 11.1 Å². The number of rotatable bonds is 4. The second-order valence-electron chi connectivity index (χ2n) is 7.13. The lowest BCUT2D eigenvalue weighted by molar-refractivity contribution is 0.0593. The van der Waals surface area contributed by atoms with Crippen LogP contribution < -0.4 is 5.32 Å². The minimum Gasteiger partial charge on any atom is -0.477 e. The summed E-state index contributed by atoms with van der Waals surface area (Å²) < 4.78 is 13.5. The molecule has 20 heteroatoms. The summed E-state index contributed by atoms with van der Waals surface area (Å²) in [5, 5.41) is 18.6. The van der Waals surface area contributed by atoms with Crippen molar-refractivity contribution in [2.24, 2.45) is 0 Å². The van der Waals surface area contributed by atoms with Crippen LogP contribution in [-0.2, 0) is 14.0 Å². The molecule has 0 atom stereocenters. The summed E-state index contributed by atoms with van der Waals surface area (Å²) in [6, 6.07) is 13.9. The van der Waals surface area contributed by atoms with Crippen LogP contribution in [0.1, 0.15) is 42.0 Å². The van der Waals surface area contributed by atoms with Crippen LogP contribution in [0.15, 0.2) is 79.4 Å². The maximum atomic E-state index is 10.9. The van der Waals surface area contributed by atoms with Gasteiger partial charge in [0, 0.05) is 75.4 Å². The van der Waals surface area contributed by atoms with Crippen molar-refractivity contribution in [3.8, 4) is 0 Å². The van der Waals surface area contributed by atoms with Gasteiger partial charge >= 0.3 is 11.9 Å². The Kier molecular flexibility index (Phi) is 26.8. The largest absolute Gasteiger partial charge is 0.477 e. The minimum atomic E-state index is -1.67. The molecule has 0 aliphatic carbocycles. The van der Waals surface area contributed by atoms with Gasteiger partial charge in [-0.1, -0.05) is 40.9 Å². The summed E-state index contributed by atoms with van der Waals surface area (Å²) in [4.78, 5) is 57.2. The summed E-state index contributed by atoms with van der Waals surface area (Å²) in [6.45, 7) is 0. The predicted octanol–water partition coefficient (Wildman–Crippen LogP) is 6.16. The van der Waals surface area contributed by atoms with E-state index in [1.165, 1.54) is 56.2 Å². The number of methoxy groups -OCH3 is 1. The number of aliphatic hydroxyl groups is 1. The molecule has 13 nitrogen and oxygen atoms in total. The molecule has 0 radical (unpaired) electrons. The lowest BCUT2D eigenvalue weighted by atomic mass is 10.3. The molecule has 0 fully saturated rings. The van der Waals surface area contributed by atoms with E-state index >= 15 is 0 Å². The number of carbonyl (C=O) groups excluding carboxylic acids is 3. The lowest BCUT2D eigenvalue weighted by Gasteiger charge is -1.97. The fourth-order valence-electron chi connectivity index (χ4n) is 2.28. The third-order valence-corrected chi connectivity index (χ3v) is 5.00. The summed E-state index contributed by atoms with van der Waals surface area (Å²) in [5.74, 6) is -1.70. The normalized spacial score (nSPS) is 8.91. The van der Waals surface area contributed by atoms with Gasteiger partial charge in [0.05, 0.1) is 7.11 Å². The van der Waals surface area contributed by atoms with Crippen LogP contribution in [0.25, 0.3) is 0 Å². The number of pyridine rings is 4. The molecule has 0 bridgehead atoms. The summed E-state index contributed by atoms with van der Waals surface area (Å²) in [7, 11) is 11.2. The van der Waals surface area contributed by atoms with E-state index in [2.05, 4.69) is 51.4 Å². The molecule has 3 N–H and O–H groups in total. The number of esters is 1. The van der Waals surface area contributed by atoms with Crippen LogP contribution in [0.2, 0.25) is 15.1 Å². The van der Waals surface area contributed by atoms with Crippen molar-refractivity contribution in [1.29, 1.82) is 0 Å². The third kappa shape index (κ3) is 23.5. The Hall–Kier alpha value is -3.47. The van der Waals surface area contributed by atoms with Gasteiger partial charge in [-0.05, 0) is 60.1 Å². The van der Waals surface area contributed by atoms with Crippen molar-refractivity contribution in [3.63, 3.8) is 0 Å². The Bertz CT molecular complexity index is 1510. The van der Waals surface area contributed by atoms with E-state index in [9.17, 15) is 19.2 Å². The fourth-order valence-corrected chi connectivity index (χ4v) is 2.86. The molecule has 4 heterocycles. The number of aromatic carboxylic acids is 1. The number of halogens is 6. The quantitative estimate of drug-likeness (QED) is 0.157. The number of hydrogen-bond donors (Lipinski definition) is 3. The topological polar surface area (TPSA) is 199 Å². The van der Waals surface area contributed by atoms with Gasteiger partial charge in [0.2, 0.25) is 9.23 Å². The highest BCUT2D eigenvalue weighted by atomic mass is 36.0. The van der Waals surface area contributed by atoms with Crippen molar-refractivity contribution in [1.82, 2.24) is 25.3 Å². The first-order valence-electron chi connectivity index (χ1n) is 11.9. The van der Waals surface area contributed by atoms with E-state index in [-0.39, 0.29) is 23.0 Å². The third-order valence-electron chi connectivity index (χ3n) is 4.11. The molecular formula is C27H25Cl6N5O8S. The monoisotopic (exact) mass is 789 g/mol. The first-order chi connectivity index (χ1) is 22.2. The number of nitrogens with zero attached hydrogens (tertiary/aromatic N) is 4. The highest BCUT2D eigenvalue weighted by Gasteiger charge is 2.06. The SMILES string of the molecule is CNC(=O)c1cc(Cl)ccn1.CO.COC(=O)c1cc(Cl)ccn1.O=C(Cl)c1cc(Cl)ccn1.O=C(O)c1ccccn1.O=S(Cl)Cl. The van der Waals surface area contributed by atoms with E-state index in [0.29, 0.717) is 20.8 Å². The second-order valence-corrected chi connectivity index (χ2v) is 11.3. The molecular weight excluding hydrogens is 767 g/mol. The molecule has 0 aromatic carbocycles. The molecule has 4 rings (SSSR count). The van der Waals surface area contributed by atoms with E-state index in [0.717, 1.165) is 7.11 Å². The molecule has 0 unspecified atom stereocenters. The van der Waals surface area contributed by atoms with E-state index < -0.39 is 26.4 Å². The average Bonchev–Trinajstić information content (AvgIpc) is 3.06. The summed E-state index contributed by atoms with van der Waals surface area (Å²) >= 11 is 21.9. The van der Waals surface area contributed by atoms with E-state index in [4.69, 9.17) is 60.8 Å². The minimum absolute atomic E-state index is 0.0810. The number of ether oxygens (including phenoxy) is 1. The molecule has 0 aliphatic rings. The first kappa shape index (κ1) is 45.7. The number of carboxylic acids is 1. The van der Waals surface area contributed by atoms with Crippen molar-refractivity contribution < 1.29 is 38.3 Å². The number of amides is 1. The van der Waals surface area contributed by atoms with Crippen LogP contribution in [0.5, 0.6) is 0 Å². The van der Waals surface area contributed by atoms with Gasteiger partial charge in [-0.15, -0.1) is 0 Å². The molecule has 0 spiro atoms. The zero-order valence-corrected chi connectivity index (χ0v) is 29.7. The van der Waals surface area contributed by atoms with Gasteiger partial charge in [-0.25, -0.2) is 23.8 Å². The molecule has 4 aromatic heterocycles. The van der Waals surface area contributed by atoms with Crippen LogP contribution >= 0.6 is 67.8 Å². The maximum absolute atomic E-state index is 10.9. The first-order valence-corrected chi connectivity index (χ1v) is 16.2. The Balaban J connectivity index is 0. The van der Waals surface area contributed by atoms with Gasteiger partial charge in [0.15, 0.2) is 0 Å². The number of hydrogen-bond acceptors (Lipinski definition) is 11. The smallest absolute Gasteiger partial charge is 0.356 e. The van der Waals surface area contributed by atoms with Crippen molar-refractivity contribution in [3.05, 3.63) is 117 Å². The van der Waals surface area contributed by atoms with Crippen LogP contribution in [0.4, 0.5) is 0 Å². The molecule has 4 aromatic rings. The van der Waals surface area contributed by atoms with Crippen molar-refractivity contribution in [2.45, 2.75) is 0 Å².